The molecule has 0 unspecified atom stereocenters. The summed E-state index contributed by atoms with van der Waals surface area (Å²) < 4.78 is 68.9. The molecule has 4 aromatic carbocycles. The smallest absolute Gasteiger partial charge is 0.537 e. The van der Waals surface area contributed by atoms with Crippen LogP contribution in [0.2, 0.25) is 0 Å². The minimum atomic E-state index is -6.00. The van der Waals surface area contributed by atoms with Crippen LogP contribution >= 0.6 is 0 Å². The van der Waals surface area contributed by atoms with Crippen molar-refractivity contribution in [1.82, 2.24) is 0 Å². The fourth-order valence-corrected chi connectivity index (χ4v) is 4.87. The molecule has 0 saturated heterocycles. The van der Waals surface area contributed by atoms with E-state index in [1.807, 2.05) is 67.6 Å². The number of hydrogen-bond acceptors (Lipinski definition) is 3. The molecule has 0 spiro atoms. The van der Waals surface area contributed by atoms with Crippen LogP contribution in [0.5, 0.6) is 0 Å². The first-order chi connectivity index (χ1) is 19.2. The molecule has 4 rings (SSSR count). The summed E-state index contributed by atoms with van der Waals surface area (Å²) in [5.41, 5.74) is 11.8. The number of hydrogen-bond donors (Lipinski definition) is 1. The molecule has 226 valence electrons. The van der Waals surface area contributed by atoms with E-state index in [9.17, 15) is 25.7 Å². The Morgan fingerprint density at radius 1 is 0.643 bits per heavy atom. The molecule has 0 aliphatic rings. The standard InChI is InChI=1S/C21H21N2O2S.C10H14.BF4.Ru/c1-16-12-14-19(15-13-16)26(24,25)23-21(18-10-6-3-7-11-18)20(22)17-8-4-2-5-9-17;1-8(2)10-6-4-9(3)5-7-10;2-1(3,4)5;/h2-15,20-21H,22H2,1H3;4-8H,1-3H3;;/q-1;;-1;+2/t20-,21-;;;/m1.../s1. The Kier molecular flexibility index (Phi) is 15.3. The quantitative estimate of drug-likeness (QED) is 0.156. The summed E-state index contributed by atoms with van der Waals surface area (Å²) in [6.07, 6.45) is 0. The molecule has 0 aliphatic heterocycles. The van der Waals surface area contributed by atoms with Crippen molar-refractivity contribution in [2.24, 2.45) is 5.73 Å². The van der Waals surface area contributed by atoms with Gasteiger partial charge in [-0.3, -0.25) is 0 Å². The number of aryl methyl sites for hydroxylation is 2. The second-order valence-electron chi connectivity index (χ2n) is 9.75. The molecule has 0 aromatic heterocycles. The molecule has 0 fully saturated rings. The molecule has 0 bridgehead atoms. The second-order valence-corrected chi connectivity index (χ2v) is 11.4. The van der Waals surface area contributed by atoms with E-state index in [4.69, 9.17) is 5.73 Å². The van der Waals surface area contributed by atoms with Gasteiger partial charge in [0.1, 0.15) is 10.0 Å². The number of sulfonamides is 1. The molecular weight excluding hydrogens is 652 g/mol. The van der Waals surface area contributed by atoms with E-state index in [1.54, 1.807) is 24.3 Å². The van der Waals surface area contributed by atoms with E-state index in [1.165, 1.54) is 11.1 Å². The van der Waals surface area contributed by atoms with Crippen molar-refractivity contribution >= 4 is 17.3 Å². The first-order valence-electron chi connectivity index (χ1n) is 13.0. The predicted octanol–water partition coefficient (Wildman–Crippen LogP) is 8.91. The van der Waals surface area contributed by atoms with Crippen molar-refractivity contribution in [3.8, 4) is 0 Å². The molecule has 0 amide bonds. The van der Waals surface area contributed by atoms with Crippen LogP contribution in [0.4, 0.5) is 17.3 Å². The molecule has 42 heavy (non-hydrogen) atoms. The first kappa shape index (κ1) is 37.2. The molecule has 4 aromatic rings. The Balaban J connectivity index is 0.000000456. The average molecular weight is 688 g/mol. The van der Waals surface area contributed by atoms with Crippen molar-refractivity contribution in [1.29, 1.82) is 0 Å². The summed E-state index contributed by atoms with van der Waals surface area (Å²) in [5.74, 6) is 0.653. The van der Waals surface area contributed by atoms with E-state index in [0.717, 1.165) is 16.7 Å². The Morgan fingerprint density at radius 3 is 1.43 bits per heavy atom. The molecule has 11 heteroatoms. The predicted molar refractivity (Wildman–Crippen MR) is 160 cm³/mol. The first-order valence-corrected chi connectivity index (χ1v) is 14.4. The van der Waals surface area contributed by atoms with Gasteiger partial charge in [0, 0.05) is 10.9 Å². The van der Waals surface area contributed by atoms with Gasteiger partial charge in [0.15, 0.2) is 0 Å². The van der Waals surface area contributed by atoms with Crippen molar-refractivity contribution in [3.63, 3.8) is 0 Å². The van der Waals surface area contributed by atoms with E-state index in [2.05, 4.69) is 49.8 Å². The maximum Gasteiger partial charge on any atom is 2.00 e. The maximum absolute atomic E-state index is 12.8. The van der Waals surface area contributed by atoms with E-state index in [0.29, 0.717) is 5.92 Å². The SMILES string of the molecule is Cc1ccc(C(C)C)cc1.Cc1ccc(S(=O)(=O)[N-][C@H](c2ccccc2)[C@H](N)c2ccccc2)cc1.F[B-](F)(F)F.[Ru+2]. The summed E-state index contributed by atoms with van der Waals surface area (Å²) in [6, 6.07) is 32.8. The molecule has 0 saturated carbocycles. The summed E-state index contributed by atoms with van der Waals surface area (Å²) in [5, 5.41) is 0. The van der Waals surface area contributed by atoms with Crippen molar-refractivity contribution in [2.45, 2.75) is 50.6 Å². The number of nitrogens with zero attached hydrogens (tertiary/aromatic N) is 1. The van der Waals surface area contributed by atoms with Crippen LogP contribution in [0.3, 0.4) is 0 Å². The van der Waals surface area contributed by atoms with Crippen molar-refractivity contribution in [2.75, 3.05) is 0 Å². The van der Waals surface area contributed by atoms with Gasteiger partial charge in [-0.1, -0.05) is 134 Å². The van der Waals surface area contributed by atoms with Gasteiger partial charge in [-0.2, -0.15) is 0 Å². The number of benzene rings is 4. The molecule has 2 N–H and O–H groups in total. The molecule has 0 aliphatic carbocycles. The van der Waals surface area contributed by atoms with Crippen LogP contribution in [0.1, 0.15) is 59.7 Å². The number of halogens is 4. The largest absolute Gasteiger partial charge is 2.00 e. The van der Waals surface area contributed by atoms with Crippen LogP contribution in [0.15, 0.2) is 114 Å². The molecule has 4 nitrogen and oxygen atoms in total. The van der Waals surface area contributed by atoms with Gasteiger partial charge in [-0.05, 0) is 43.0 Å². The Hall–Kier alpha value is -2.84. The third-order valence-corrected chi connectivity index (χ3v) is 7.35. The van der Waals surface area contributed by atoms with Crippen LogP contribution in [-0.2, 0) is 29.5 Å². The summed E-state index contributed by atoms with van der Waals surface area (Å²) in [4.78, 5) is 0.171. The number of nitrogens with two attached hydrogens (primary N) is 1. The Bertz CT molecular complexity index is 1420. The molecule has 0 radical (unpaired) electrons. The summed E-state index contributed by atoms with van der Waals surface area (Å²) in [6.45, 7) is 8.45. The van der Waals surface area contributed by atoms with Gasteiger partial charge in [0.05, 0.1) is 0 Å². The second kappa shape index (κ2) is 17.3. The van der Waals surface area contributed by atoms with Crippen LogP contribution < -0.4 is 5.73 Å². The van der Waals surface area contributed by atoms with E-state index in [-0.39, 0.29) is 24.4 Å². The third kappa shape index (κ3) is 13.4. The zero-order valence-corrected chi connectivity index (χ0v) is 26.4. The normalized spacial score (nSPS) is 12.5. The van der Waals surface area contributed by atoms with Crippen LogP contribution in [0, 0.1) is 13.8 Å². The Labute approximate surface area is 259 Å². The average Bonchev–Trinajstić information content (AvgIpc) is 2.92. The summed E-state index contributed by atoms with van der Waals surface area (Å²) in [7, 11) is -9.83. The maximum atomic E-state index is 12.8. The molecule has 2 atom stereocenters. The monoisotopic (exact) mass is 688 g/mol. The molecular formula is C31H35BF4N2O2RuS. The van der Waals surface area contributed by atoms with Gasteiger partial charge >= 0.3 is 26.7 Å². The fraction of sp³-hybridized carbons (Fsp3) is 0.226. The van der Waals surface area contributed by atoms with Crippen LogP contribution in [-0.4, -0.2) is 15.7 Å². The molecule has 0 heterocycles. The summed E-state index contributed by atoms with van der Waals surface area (Å²) >= 11 is 0. The zero-order chi connectivity index (χ0) is 30.6. The topological polar surface area (TPSA) is 74.3 Å². The van der Waals surface area contributed by atoms with Gasteiger partial charge in [0.25, 0.3) is 0 Å². The minimum Gasteiger partial charge on any atom is -0.537 e. The van der Waals surface area contributed by atoms with Gasteiger partial charge in [0.2, 0.25) is 0 Å². The third-order valence-electron chi connectivity index (χ3n) is 5.98. The van der Waals surface area contributed by atoms with Crippen molar-refractivity contribution in [3.05, 3.63) is 142 Å². The van der Waals surface area contributed by atoms with Crippen molar-refractivity contribution < 1.29 is 45.2 Å². The van der Waals surface area contributed by atoms with Crippen LogP contribution in [0.25, 0.3) is 4.72 Å². The van der Waals surface area contributed by atoms with Gasteiger partial charge in [-0.25, -0.2) is 8.42 Å². The fourth-order valence-electron chi connectivity index (χ4n) is 3.71. The van der Waals surface area contributed by atoms with E-state index < -0.39 is 29.4 Å². The Morgan fingerprint density at radius 2 is 1.02 bits per heavy atom. The van der Waals surface area contributed by atoms with Gasteiger partial charge in [-0.15, -0.1) is 0 Å². The number of rotatable bonds is 7. The minimum absolute atomic E-state index is 0. The van der Waals surface area contributed by atoms with E-state index >= 15 is 0 Å². The zero-order valence-electron chi connectivity index (χ0n) is 23.8. The van der Waals surface area contributed by atoms with Gasteiger partial charge < -0.3 is 27.7 Å².